The number of nitrogens with zero attached hydrogens (tertiary/aromatic N) is 4. The fourth-order valence-electron chi connectivity index (χ4n) is 5.19. The lowest BCUT2D eigenvalue weighted by atomic mass is 10.1. The maximum absolute atomic E-state index is 13.4. The zero-order valence-corrected chi connectivity index (χ0v) is 18.6. The van der Waals surface area contributed by atoms with E-state index in [9.17, 15) is 9.59 Å². The van der Waals surface area contributed by atoms with E-state index in [-0.39, 0.29) is 17.5 Å². The number of carbonyl (C=O) groups excluding carboxylic acids is 1. The van der Waals surface area contributed by atoms with Crippen LogP contribution in [-0.4, -0.2) is 74.7 Å². The van der Waals surface area contributed by atoms with Crippen molar-refractivity contribution in [3.8, 4) is 0 Å². The molecule has 1 aromatic rings. The Hall–Kier alpha value is -0.990. The van der Waals surface area contributed by atoms with Crippen LogP contribution in [0.1, 0.15) is 49.4 Å². The van der Waals surface area contributed by atoms with Gasteiger partial charge in [0.1, 0.15) is 0 Å². The lowest BCUT2D eigenvalue weighted by molar-refractivity contribution is -0.134. The first-order valence-corrected chi connectivity index (χ1v) is 13.2. The van der Waals surface area contributed by atoms with Gasteiger partial charge in [-0.15, -0.1) is 0 Å². The van der Waals surface area contributed by atoms with Crippen molar-refractivity contribution in [3.05, 3.63) is 21.6 Å². The molecule has 2 atom stereocenters. The molecule has 158 valence electrons. The monoisotopic (exact) mass is 434 g/mol. The topological polar surface area (TPSA) is 58.4 Å². The van der Waals surface area contributed by atoms with E-state index < -0.39 is 0 Å². The van der Waals surface area contributed by atoms with Crippen LogP contribution in [0.3, 0.4) is 0 Å². The Labute approximate surface area is 180 Å². The van der Waals surface area contributed by atoms with Crippen molar-refractivity contribution in [2.24, 2.45) is 0 Å². The average molecular weight is 435 g/mol. The van der Waals surface area contributed by atoms with Crippen LogP contribution in [0.4, 0.5) is 0 Å². The maximum atomic E-state index is 13.4. The summed E-state index contributed by atoms with van der Waals surface area (Å²) in [6.07, 6.45) is 6.85. The number of rotatable bonds is 4. The van der Waals surface area contributed by atoms with Crippen molar-refractivity contribution in [3.63, 3.8) is 0 Å². The Morgan fingerprint density at radius 1 is 1.03 bits per heavy atom. The fourth-order valence-corrected chi connectivity index (χ4v) is 7.40. The highest BCUT2D eigenvalue weighted by molar-refractivity contribution is 7.99. The molecule has 2 fully saturated rings. The van der Waals surface area contributed by atoms with Gasteiger partial charge in [0, 0.05) is 36.6 Å². The molecular formula is C21H30N4O2S2. The Bertz CT molecular complexity index is 837. The van der Waals surface area contributed by atoms with Crippen molar-refractivity contribution in [1.29, 1.82) is 0 Å². The second-order valence-electron chi connectivity index (χ2n) is 8.69. The summed E-state index contributed by atoms with van der Waals surface area (Å²) in [7, 11) is 0. The van der Waals surface area contributed by atoms with E-state index >= 15 is 0 Å². The minimum atomic E-state index is -0.0447. The molecule has 2 saturated heterocycles. The Kier molecular flexibility index (Phi) is 5.94. The van der Waals surface area contributed by atoms with Gasteiger partial charge in [0.25, 0.3) is 5.56 Å². The predicted octanol–water partition coefficient (Wildman–Crippen LogP) is 2.20. The van der Waals surface area contributed by atoms with Crippen LogP contribution < -0.4 is 5.56 Å². The highest BCUT2D eigenvalue weighted by Gasteiger charge is 2.34. The summed E-state index contributed by atoms with van der Waals surface area (Å²) < 4.78 is 1.84. The second kappa shape index (κ2) is 8.63. The molecule has 4 aliphatic rings. The lowest BCUT2D eigenvalue weighted by Gasteiger charge is -2.33. The molecule has 0 aromatic carbocycles. The molecule has 2 unspecified atom stereocenters. The molecule has 1 amide bonds. The van der Waals surface area contributed by atoms with E-state index in [1.165, 1.54) is 25.9 Å². The molecule has 4 heterocycles. The number of carbonyl (C=O) groups is 1. The van der Waals surface area contributed by atoms with E-state index in [2.05, 4.69) is 9.80 Å². The van der Waals surface area contributed by atoms with Gasteiger partial charge in [-0.25, -0.2) is 4.98 Å². The Morgan fingerprint density at radius 2 is 1.90 bits per heavy atom. The van der Waals surface area contributed by atoms with Gasteiger partial charge >= 0.3 is 0 Å². The summed E-state index contributed by atoms with van der Waals surface area (Å²) in [5, 5.41) is 0.827. The predicted molar refractivity (Wildman–Crippen MR) is 118 cm³/mol. The molecule has 6 nitrogen and oxygen atoms in total. The summed E-state index contributed by atoms with van der Waals surface area (Å²) in [6.45, 7) is 4.20. The highest BCUT2D eigenvalue weighted by Crippen LogP contribution is 2.34. The van der Waals surface area contributed by atoms with Crippen LogP contribution >= 0.6 is 23.5 Å². The molecular weight excluding hydrogens is 404 g/mol. The molecule has 0 radical (unpaired) electrons. The van der Waals surface area contributed by atoms with E-state index in [0.717, 1.165) is 72.4 Å². The molecule has 3 aliphatic heterocycles. The van der Waals surface area contributed by atoms with Gasteiger partial charge in [0.2, 0.25) is 5.91 Å². The Morgan fingerprint density at radius 3 is 2.76 bits per heavy atom. The quantitative estimate of drug-likeness (QED) is 0.677. The standard InChI is InChI=1S/C21H30N4O2S2/c26-19(24-9-4-10-28-13-16(24)12-23-7-1-2-8-23)11-15-14-29-21-22-18-6-3-5-17(18)20(27)25(15)21/h15-16H,1-14H2. The SMILES string of the molecule is O=C(CC1CSc2nc3c(c(=O)n21)CCC3)N1CCCSCC1CN1CCCC1. The average Bonchev–Trinajstić information content (AvgIpc) is 3.43. The molecule has 29 heavy (non-hydrogen) atoms. The molecule has 8 heteroatoms. The van der Waals surface area contributed by atoms with Crippen LogP contribution in [0.15, 0.2) is 9.95 Å². The van der Waals surface area contributed by atoms with Gasteiger partial charge in [0.05, 0.1) is 17.8 Å². The molecule has 0 spiro atoms. The lowest BCUT2D eigenvalue weighted by Crippen LogP contribution is -2.48. The van der Waals surface area contributed by atoms with Crippen LogP contribution in [0.25, 0.3) is 0 Å². The van der Waals surface area contributed by atoms with E-state index in [4.69, 9.17) is 4.98 Å². The van der Waals surface area contributed by atoms with Gasteiger partial charge < -0.3 is 9.80 Å². The smallest absolute Gasteiger partial charge is 0.257 e. The number of likely N-dealkylation sites (tertiary alicyclic amines) is 1. The third kappa shape index (κ3) is 4.00. The second-order valence-corrected chi connectivity index (χ2v) is 10.8. The number of amides is 1. The zero-order valence-electron chi connectivity index (χ0n) is 17.0. The van der Waals surface area contributed by atoms with Crippen molar-refractivity contribution in [1.82, 2.24) is 19.4 Å². The number of fused-ring (bicyclic) bond motifs is 2. The van der Waals surface area contributed by atoms with Crippen LogP contribution in [0.5, 0.6) is 0 Å². The number of aromatic nitrogens is 2. The van der Waals surface area contributed by atoms with Crippen LogP contribution in [0.2, 0.25) is 0 Å². The largest absolute Gasteiger partial charge is 0.337 e. The van der Waals surface area contributed by atoms with Gasteiger partial charge in [-0.05, 0) is 57.4 Å². The normalized spacial score (nSPS) is 27.1. The number of hydrogen-bond acceptors (Lipinski definition) is 6. The van der Waals surface area contributed by atoms with Gasteiger partial charge in [0.15, 0.2) is 5.16 Å². The first-order valence-electron chi connectivity index (χ1n) is 11.1. The van der Waals surface area contributed by atoms with Crippen molar-refractivity contribution < 1.29 is 4.79 Å². The molecule has 0 N–H and O–H groups in total. The van der Waals surface area contributed by atoms with Crippen molar-refractivity contribution >= 4 is 29.4 Å². The fraction of sp³-hybridized carbons (Fsp3) is 0.762. The minimum Gasteiger partial charge on any atom is -0.337 e. The third-order valence-corrected chi connectivity index (χ3v) is 9.00. The third-order valence-electron chi connectivity index (χ3n) is 6.71. The molecule has 1 aliphatic carbocycles. The summed E-state index contributed by atoms with van der Waals surface area (Å²) in [6, 6.07) is 0.258. The molecule has 5 rings (SSSR count). The van der Waals surface area contributed by atoms with Crippen LogP contribution in [-0.2, 0) is 17.6 Å². The minimum absolute atomic E-state index is 0.0447. The Balaban J connectivity index is 1.33. The van der Waals surface area contributed by atoms with Gasteiger partial charge in [-0.3, -0.25) is 14.2 Å². The number of thioether (sulfide) groups is 2. The van der Waals surface area contributed by atoms with E-state index in [1.807, 2.05) is 16.3 Å². The molecule has 1 aromatic heterocycles. The maximum Gasteiger partial charge on any atom is 0.257 e. The summed E-state index contributed by atoms with van der Waals surface area (Å²) in [5.41, 5.74) is 2.01. The van der Waals surface area contributed by atoms with E-state index in [0.29, 0.717) is 12.5 Å². The van der Waals surface area contributed by atoms with Gasteiger partial charge in [-0.2, -0.15) is 11.8 Å². The van der Waals surface area contributed by atoms with E-state index in [1.54, 1.807) is 11.8 Å². The number of aryl methyl sites for hydroxylation is 1. The summed E-state index contributed by atoms with van der Waals surface area (Å²) in [4.78, 5) is 35.9. The number of hydrogen-bond donors (Lipinski definition) is 0. The first kappa shape index (κ1) is 19.9. The molecule has 0 saturated carbocycles. The van der Waals surface area contributed by atoms with Crippen molar-refractivity contribution in [2.75, 3.05) is 43.4 Å². The molecule has 0 bridgehead atoms. The van der Waals surface area contributed by atoms with Gasteiger partial charge in [-0.1, -0.05) is 11.8 Å². The summed E-state index contributed by atoms with van der Waals surface area (Å²) >= 11 is 3.63. The zero-order chi connectivity index (χ0) is 19.8. The highest BCUT2D eigenvalue weighted by atomic mass is 32.2. The summed E-state index contributed by atoms with van der Waals surface area (Å²) in [5.74, 6) is 3.18. The first-order chi connectivity index (χ1) is 14.2. The van der Waals surface area contributed by atoms with Crippen LogP contribution in [0, 0.1) is 0 Å². The van der Waals surface area contributed by atoms with Crippen molar-refractivity contribution in [2.45, 2.75) is 62.2 Å².